The van der Waals surface area contributed by atoms with Gasteiger partial charge in [-0.25, -0.2) is 0 Å². The van der Waals surface area contributed by atoms with Gasteiger partial charge in [-0.3, -0.25) is 58.8 Å². The maximum atomic E-state index is 14.5. The Morgan fingerprint density at radius 1 is 0.720 bits per heavy atom. The number of carbonyl (C=O) groups excluding carboxylic acids is 9. The summed E-state index contributed by atoms with van der Waals surface area (Å²) in [4.78, 5) is 139. The van der Waals surface area contributed by atoms with Crippen LogP contribution in [0.2, 0.25) is 0 Å². The topological polar surface area (TPSA) is 453 Å². The quantitative estimate of drug-likeness (QED) is 0.0335. The van der Waals surface area contributed by atoms with Gasteiger partial charge in [0.05, 0.1) is 12.8 Å². The lowest BCUT2D eigenvalue weighted by molar-refractivity contribution is -0.142. The van der Waals surface area contributed by atoms with E-state index < -0.39 is 114 Å². The molecule has 75 heavy (non-hydrogen) atoms. The number of primary amides is 1. The highest BCUT2D eigenvalue weighted by Gasteiger charge is 2.36. The molecule has 1 fully saturated rings. The summed E-state index contributed by atoms with van der Waals surface area (Å²) in [5, 5.41) is 51.1. The van der Waals surface area contributed by atoms with E-state index in [0.717, 1.165) is 17.8 Å². The minimum atomic E-state index is -1.94. The minimum Gasteiger partial charge on any atom is -0.481 e. The number of para-hydroxylation sites is 1. The van der Waals surface area contributed by atoms with Gasteiger partial charge in [-0.2, -0.15) is 0 Å². The number of benzene rings is 2. The molecule has 406 valence electrons. The summed E-state index contributed by atoms with van der Waals surface area (Å²) in [7, 11) is 0. The van der Waals surface area contributed by atoms with E-state index in [4.69, 9.17) is 28.0 Å². The molecule has 20 N–H and O–H groups in total. The molecular formula is C48H68N16O11. The number of H-pyrrole nitrogens is 1. The van der Waals surface area contributed by atoms with Crippen molar-refractivity contribution in [2.75, 3.05) is 19.6 Å². The van der Waals surface area contributed by atoms with Crippen molar-refractivity contribution in [1.82, 2.24) is 58.2 Å². The number of amides is 9. The largest absolute Gasteiger partial charge is 0.481 e. The molecule has 0 spiro atoms. The molecule has 27 heteroatoms. The summed E-state index contributed by atoms with van der Waals surface area (Å²) >= 11 is 0. The van der Waals surface area contributed by atoms with Gasteiger partial charge in [0.2, 0.25) is 53.2 Å². The van der Waals surface area contributed by atoms with Crippen molar-refractivity contribution in [2.45, 2.75) is 120 Å². The first-order valence-electron chi connectivity index (χ1n) is 24.3. The molecule has 1 unspecified atom stereocenters. The van der Waals surface area contributed by atoms with Crippen LogP contribution < -0.4 is 70.4 Å². The molecule has 1 aliphatic rings. The van der Waals surface area contributed by atoms with Crippen LogP contribution in [-0.4, -0.2) is 143 Å². The van der Waals surface area contributed by atoms with Gasteiger partial charge in [-0.15, -0.1) is 0 Å². The van der Waals surface area contributed by atoms with Crippen molar-refractivity contribution >= 4 is 82.0 Å². The number of carbonyl (C=O) groups is 10. The number of nitrogens with two attached hydrogens (primary N) is 3. The number of carboxylic acid groups (broad SMARTS) is 1. The molecule has 4 rings (SSSR count). The first-order chi connectivity index (χ1) is 35.7. The number of hydrogen-bond acceptors (Lipinski definition) is 12. The zero-order valence-corrected chi connectivity index (χ0v) is 41.5. The minimum absolute atomic E-state index is 0.0190. The number of rotatable bonds is 18. The van der Waals surface area contributed by atoms with Gasteiger partial charge in [0, 0.05) is 56.5 Å². The zero-order chi connectivity index (χ0) is 55.0. The van der Waals surface area contributed by atoms with Gasteiger partial charge in [-0.1, -0.05) is 48.5 Å². The van der Waals surface area contributed by atoms with E-state index >= 15 is 0 Å². The summed E-state index contributed by atoms with van der Waals surface area (Å²) in [5.41, 5.74) is 18.4. The average Bonchev–Trinajstić information content (AvgIpc) is 3.76. The normalized spacial score (nSPS) is 21.0. The van der Waals surface area contributed by atoms with Gasteiger partial charge in [0.1, 0.15) is 42.3 Å². The summed E-state index contributed by atoms with van der Waals surface area (Å²) < 4.78 is 0. The van der Waals surface area contributed by atoms with Crippen molar-refractivity contribution in [1.29, 1.82) is 10.8 Å². The van der Waals surface area contributed by atoms with Crippen LogP contribution in [0.15, 0.2) is 60.8 Å². The first kappa shape index (κ1) is 58.8. The Morgan fingerprint density at radius 3 is 1.96 bits per heavy atom. The third-order valence-corrected chi connectivity index (χ3v) is 11.9. The summed E-state index contributed by atoms with van der Waals surface area (Å²) in [6, 6.07) is 4.85. The Hall–Kier alpha value is -8.78. The predicted molar refractivity (Wildman–Crippen MR) is 273 cm³/mol. The fourth-order valence-electron chi connectivity index (χ4n) is 8.10. The number of aromatic nitrogens is 1. The standard InChI is InChI=1S/C48H68N16O11/c1-26(65)58-32(16-9-19-55-47(50)51)41(70)63-36-23-38(66)54-18-8-7-15-31(40(49)69)59-44(73)35(22-28-25-57-30-14-6-5-13-29(28)30)62-42(71)33(17-10-20-56-48(52)53)60-43(72)34(21-27-11-3-2-4-12-27)61-46(75)37(24-39(67)68)64-45(36)74/h2-6,11-14,25,31-37,57H,7-10,15-24H2,1H3,(H2,49,69)(H,54,66)(H,58,65)(H,59,73)(H,60,72)(H,61,75)(H,62,71)(H,63,70)(H,64,74)(H,67,68)(H4,50,51,55)(H4,52,53,56)/t31?,32-,33-,34+,35-,36-,37-/m0/s1. The van der Waals surface area contributed by atoms with Crippen LogP contribution in [0.4, 0.5) is 0 Å². The number of fused-ring (bicyclic) bond motifs is 1. The Balaban J connectivity index is 1.77. The lowest BCUT2D eigenvalue weighted by Gasteiger charge is -2.27. The van der Waals surface area contributed by atoms with Crippen molar-refractivity contribution in [2.24, 2.45) is 17.2 Å². The molecule has 27 nitrogen and oxygen atoms in total. The smallest absolute Gasteiger partial charge is 0.305 e. The van der Waals surface area contributed by atoms with Crippen LogP contribution in [0.25, 0.3) is 10.9 Å². The molecule has 1 aliphatic heterocycles. The van der Waals surface area contributed by atoms with E-state index in [1.165, 1.54) is 0 Å². The van der Waals surface area contributed by atoms with Crippen LogP contribution in [0.5, 0.6) is 0 Å². The SMILES string of the molecule is CC(=O)N[C@@H](CCCNC(=N)N)C(=O)N[C@H]1CC(=O)NCCCCC(C(N)=O)NC(=O)[C@H](Cc2c[nH]c3ccccc23)NC(=O)[C@H](CCCNC(=N)N)NC(=O)[C@@H](Cc2ccccc2)NC(=O)[C@H](CC(=O)O)NC1=O. The monoisotopic (exact) mass is 1040 g/mol. The molecule has 0 radical (unpaired) electrons. The van der Waals surface area contributed by atoms with E-state index in [0.29, 0.717) is 11.1 Å². The van der Waals surface area contributed by atoms with E-state index in [9.17, 15) is 53.1 Å². The third-order valence-electron chi connectivity index (χ3n) is 11.9. The second kappa shape index (κ2) is 29.7. The second-order valence-electron chi connectivity index (χ2n) is 17.9. The highest BCUT2D eigenvalue weighted by Crippen LogP contribution is 2.20. The van der Waals surface area contributed by atoms with Gasteiger partial charge >= 0.3 is 5.97 Å². The van der Waals surface area contributed by atoms with Gasteiger partial charge in [0.25, 0.3) is 0 Å². The van der Waals surface area contributed by atoms with Gasteiger partial charge in [-0.05, 0) is 62.1 Å². The third kappa shape index (κ3) is 20.3. The molecule has 0 aliphatic carbocycles. The number of carboxylic acids is 1. The van der Waals surface area contributed by atoms with Crippen molar-refractivity contribution < 1.29 is 53.1 Å². The van der Waals surface area contributed by atoms with Crippen molar-refractivity contribution in [3.8, 4) is 0 Å². The molecule has 0 saturated carbocycles. The summed E-state index contributed by atoms with van der Waals surface area (Å²) in [6.45, 7) is 1.30. The van der Waals surface area contributed by atoms with Crippen LogP contribution in [0.1, 0.15) is 75.8 Å². The summed E-state index contributed by atoms with van der Waals surface area (Å²) in [6.07, 6.45) is 0.0493. The van der Waals surface area contributed by atoms with Crippen molar-refractivity contribution in [3.05, 3.63) is 71.9 Å². The summed E-state index contributed by atoms with van der Waals surface area (Å²) in [5.74, 6) is -10.5. The van der Waals surface area contributed by atoms with Crippen LogP contribution in [0, 0.1) is 10.8 Å². The molecule has 1 saturated heterocycles. The van der Waals surface area contributed by atoms with Crippen molar-refractivity contribution in [3.63, 3.8) is 0 Å². The number of aliphatic carboxylic acids is 1. The maximum Gasteiger partial charge on any atom is 0.305 e. The molecule has 7 atom stereocenters. The van der Waals surface area contributed by atoms with E-state index in [-0.39, 0.29) is 89.3 Å². The highest BCUT2D eigenvalue weighted by atomic mass is 16.4. The van der Waals surface area contributed by atoms with Crippen LogP contribution in [0.3, 0.4) is 0 Å². The lowest BCUT2D eigenvalue weighted by Crippen LogP contribution is -2.61. The Labute approximate surface area is 431 Å². The van der Waals surface area contributed by atoms with Gasteiger partial charge in [0.15, 0.2) is 11.9 Å². The van der Waals surface area contributed by atoms with E-state index in [1.54, 1.807) is 48.7 Å². The Kier molecular flexibility index (Phi) is 23.3. The number of aromatic amines is 1. The molecule has 9 amide bonds. The van der Waals surface area contributed by atoms with Gasteiger partial charge < -0.3 is 80.5 Å². The lowest BCUT2D eigenvalue weighted by atomic mass is 10.0. The number of hydrogen-bond donors (Lipinski definition) is 17. The Morgan fingerprint density at radius 2 is 1.31 bits per heavy atom. The zero-order valence-electron chi connectivity index (χ0n) is 41.5. The maximum absolute atomic E-state index is 14.5. The van der Waals surface area contributed by atoms with Crippen LogP contribution in [-0.2, 0) is 60.8 Å². The fourth-order valence-corrected chi connectivity index (χ4v) is 8.10. The second-order valence-corrected chi connectivity index (χ2v) is 17.9. The number of nitrogens with one attached hydrogen (secondary N) is 13. The Bertz CT molecular complexity index is 2540. The molecular weight excluding hydrogens is 977 g/mol. The number of guanidine groups is 2. The van der Waals surface area contributed by atoms with E-state index in [1.807, 2.05) is 12.1 Å². The molecule has 2 aromatic carbocycles. The van der Waals surface area contributed by atoms with Crippen LogP contribution >= 0.6 is 0 Å². The predicted octanol–water partition coefficient (Wildman–Crippen LogP) is -3.46. The fraction of sp³-hybridized carbons (Fsp3) is 0.458. The molecule has 3 aromatic rings. The molecule has 2 heterocycles. The highest BCUT2D eigenvalue weighted by molar-refractivity contribution is 6.00. The molecule has 0 bridgehead atoms. The van der Waals surface area contributed by atoms with E-state index in [2.05, 4.69) is 58.2 Å². The molecule has 1 aromatic heterocycles. The average molecular weight is 1050 g/mol. The first-order valence-corrected chi connectivity index (χ1v) is 24.3.